The normalized spacial score (nSPS) is 43.0. The summed E-state index contributed by atoms with van der Waals surface area (Å²) in [6.07, 6.45) is 6.22. The Morgan fingerprint density at radius 3 is 2.38 bits per heavy atom. The Kier molecular flexibility index (Phi) is 3.79. The van der Waals surface area contributed by atoms with Gasteiger partial charge in [-0.3, -0.25) is 4.79 Å². The van der Waals surface area contributed by atoms with Gasteiger partial charge in [0.1, 0.15) is 5.60 Å². The summed E-state index contributed by atoms with van der Waals surface area (Å²) in [5.74, 6) is 0.998. The topological polar surface area (TPSA) is 59.1 Å². The maximum atomic E-state index is 13.6. The Labute approximate surface area is 158 Å². The fraction of sp³-hybridized carbons (Fsp3) is 0.955. The minimum absolute atomic E-state index is 0.0119. The van der Waals surface area contributed by atoms with Crippen LogP contribution in [0.15, 0.2) is 0 Å². The Morgan fingerprint density at radius 1 is 1.15 bits per heavy atom. The van der Waals surface area contributed by atoms with Crippen LogP contribution < -0.4 is 0 Å². The molecule has 1 aliphatic heterocycles. The molecule has 1 N–H and O–H groups in total. The molecule has 0 amide bonds. The summed E-state index contributed by atoms with van der Waals surface area (Å²) in [4.78, 5) is 13.6. The summed E-state index contributed by atoms with van der Waals surface area (Å²) in [6, 6.07) is 0. The van der Waals surface area contributed by atoms with E-state index in [1.807, 2.05) is 0 Å². The molecule has 6 atom stereocenters. The third kappa shape index (κ3) is 2.66. The van der Waals surface area contributed by atoms with Gasteiger partial charge in [-0.25, -0.2) is 0 Å². The average molecular weight is 365 g/mol. The molecule has 0 aromatic heterocycles. The number of carbonyl (C=O) groups excluding carboxylic acids is 1. The number of carbonyl (C=O) groups is 1. The van der Waals surface area contributed by atoms with Crippen LogP contribution in [0.1, 0.15) is 80.1 Å². The second-order valence-corrected chi connectivity index (χ2v) is 12.1. The van der Waals surface area contributed by atoms with E-state index in [0.29, 0.717) is 24.4 Å². The summed E-state index contributed by atoms with van der Waals surface area (Å²) >= 11 is 0. The summed E-state index contributed by atoms with van der Waals surface area (Å²) in [5.41, 5.74) is -1.67. The van der Waals surface area contributed by atoms with Crippen LogP contribution in [-0.4, -0.2) is 35.0 Å². The maximum Gasteiger partial charge on any atom is 0.315 e. The van der Waals surface area contributed by atoms with Gasteiger partial charge in [0.25, 0.3) is 0 Å². The van der Waals surface area contributed by atoms with Crippen molar-refractivity contribution in [2.75, 3.05) is 6.61 Å². The van der Waals surface area contributed by atoms with Crippen molar-refractivity contribution in [3.05, 3.63) is 0 Å². The molecular formula is C22H36O4. The van der Waals surface area contributed by atoms with Gasteiger partial charge in [0.05, 0.1) is 23.7 Å². The number of hydrogen-bond donors (Lipinski definition) is 1. The highest BCUT2D eigenvalue weighted by Gasteiger charge is 2.74. The molecule has 4 saturated carbocycles. The van der Waals surface area contributed by atoms with E-state index in [-0.39, 0.29) is 34.6 Å². The van der Waals surface area contributed by atoms with Crippen LogP contribution >= 0.6 is 0 Å². The van der Waals surface area contributed by atoms with E-state index < -0.39 is 5.41 Å². The van der Waals surface area contributed by atoms with Crippen molar-refractivity contribution in [3.8, 4) is 0 Å². The van der Waals surface area contributed by atoms with E-state index in [1.54, 1.807) is 0 Å². The van der Waals surface area contributed by atoms with Gasteiger partial charge in [0.2, 0.25) is 0 Å². The monoisotopic (exact) mass is 364 g/mol. The largest absolute Gasteiger partial charge is 0.458 e. The van der Waals surface area contributed by atoms with Crippen molar-refractivity contribution < 1.29 is 19.4 Å². The first-order valence-electron chi connectivity index (χ1n) is 10.4. The minimum Gasteiger partial charge on any atom is -0.458 e. The zero-order chi connectivity index (χ0) is 19.2. The van der Waals surface area contributed by atoms with Crippen molar-refractivity contribution >= 4 is 5.97 Å². The van der Waals surface area contributed by atoms with Gasteiger partial charge in [-0.1, -0.05) is 41.5 Å². The lowest BCUT2D eigenvalue weighted by molar-refractivity contribution is -0.204. The van der Waals surface area contributed by atoms with Crippen LogP contribution in [0, 0.1) is 28.1 Å². The number of esters is 1. The molecule has 5 rings (SSSR count). The number of rotatable bonds is 4. The molecule has 26 heavy (non-hydrogen) atoms. The predicted molar refractivity (Wildman–Crippen MR) is 99.5 cm³/mol. The zero-order valence-corrected chi connectivity index (χ0v) is 17.4. The molecule has 1 heterocycles. The smallest absolute Gasteiger partial charge is 0.315 e. The van der Waals surface area contributed by atoms with Gasteiger partial charge < -0.3 is 14.6 Å². The van der Waals surface area contributed by atoms with Crippen LogP contribution in [-0.2, 0) is 14.3 Å². The molecule has 0 radical (unpaired) electrons. The van der Waals surface area contributed by atoms with Crippen LogP contribution in [0.2, 0.25) is 0 Å². The predicted octanol–water partition coefficient (Wildman–Crippen LogP) is 4.09. The van der Waals surface area contributed by atoms with Crippen molar-refractivity contribution in [1.29, 1.82) is 0 Å². The van der Waals surface area contributed by atoms with Crippen LogP contribution in [0.25, 0.3) is 0 Å². The lowest BCUT2D eigenvalue weighted by Crippen LogP contribution is -2.59. The molecule has 4 aliphatic carbocycles. The molecule has 4 bridgehead atoms. The molecule has 1 spiro atoms. The highest BCUT2D eigenvalue weighted by atomic mass is 16.6. The number of aliphatic hydroxyl groups is 1. The van der Waals surface area contributed by atoms with Gasteiger partial charge in [-0.2, -0.15) is 0 Å². The van der Waals surface area contributed by atoms with Crippen molar-refractivity contribution in [3.63, 3.8) is 0 Å². The van der Waals surface area contributed by atoms with Gasteiger partial charge >= 0.3 is 5.97 Å². The molecule has 148 valence electrons. The van der Waals surface area contributed by atoms with Crippen LogP contribution in [0.5, 0.6) is 0 Å². The fourth-order valence-corrected chi connectivity index (χ4v) is 6.69. The van der Waals surface area contributed by atoms with E-state index in [9.17, 15) is 9.90 Å². The zero-order valence-electron chi connectivity index (χ0n) is 17.4. The molecule has 4 nitrogen and oxygen atoms in total. The van der Waals surface area contributed by atoms with Crippen LogP contribution in [0.3, 0.4) is 0 Å². The maximum absolute atomic E-state index is 13.6. The average Bonchev–Trinajstić information content (AvgIpc) is 3.15. The van der Waals surface area contributed by atoms with E-state index in [4.69, 9.17) is 9.47 Å². The molecule has 4 heteroatoms. The quantitative estimate of drug-likeness (QED) is 0.603. The Bertz CT molecular complexity index is 615. The molecule has 6 unspecified atom stereocenters. The highest BCUT2D eigenvalue weighted by Crippen LogP contribution is 2.68. The first-order chi connectivity index (χ1) is 11.8. The second kappa shape index (κ2) is 5.26. The Hall–Kier alpha value is -0.610. The van der Waals surface area contributed by atoms with E-state index in [1.165, 1.54) is 6.42 Å². The standard InChI is InChI=1S/C22H36O4/c1-18(2,3)11-21(13-23,19(4,5)6)17(24)26-20-8-14-7-15(10-20)16-22(9-14,12-20)25-16/h14-16,23H,7-13H2,1-6H3. The molecular weight excluding hydrogens is 328 g/mol. The van der Waals surface area contributed by atoms with E-state index >= 15 is 0 Å². The summed E-state index contributed by atoms with van der Waals surface area (Å²) in [7, 11) is 0. The third-order valence-corrected chi connectivity index (χ3v) is 7.68. The lowest BCUT2D eigenvalue weighted by Gasteiger charge is -2.55. The molecule has 0 aromatic carbocycles. The molecule has 0 aromatic rings. The first kappa shape index (κ1) is 18.7. The Balaban J connectivity index is 1.61. The molecule has 5 aliphatic rings. The third-order valence-electron chi connectivity index (χ3n) is 7.68. The fourth-order valence-electron chi connectivity index (χ4n) is 6.69. The highest BCUT2D eigenvalue weighted by molar-refractivity contribution is 5.78. The molecule has 5 fully saturated rings. The summed E-state index contributed by atoms with van der Waals surface area (Å²) in [5, 5.41) is 10.4. The minimum atomic E-state index is -0.879. The number of hydrogen-bond acceptors (Lipinski definition) is 4. The van der Waals surface area contributed by atoms with E-state index in [2.05, 4.69) is 41.5 Å². The van der Waals surface area contributed by atoms with Gasteiger partial charge in [-0.05, 0) is 54.8 Å². The number of aliphatic hydroxyl groups excluding tert-OH is 1. The van der Waals surface area contributed by atoms with Crippen LogP contribution in [0.4, 0.5) is 0 Å². The van der Waals surface area contributed by atoms with E-state index in [0.717, 1.165) is 25.7 Å². The SMILES string of the molecule is CC(C)(C)CC(CO)(C(=O)OC12CC3CC(C1)C1OC1(C3)C2)C(C)(C)C. The van der Waals surface area contributed by atoms with Gasteiger partial charge in [-0.15, -0.1) is 0 Å². The van der Waals surface area contributed by atoms with Gasteiger partial charge in [0.15, 0.2) is 0 Å². The lowest BCUT2D eigenvalue weighted by atomic mass is 9.54. The Morgan fingerprint density at radius 2 is 1.85 bits per heavy atom. The molecule has 1 saturated heterocycles. The second-order valence-electron chi connectivity index (χ2n) is 12.1. The summed E-state index contributed by atoms with van der Waals surface area (Å²) in [6.45, 7) is 12.4. The van der Waals surface area contributed by atoms with Gasteiger partial charge in [0, 0.05) is 6.42 Å². The van der Waals surface area contributed by atoms with Crippen molar-refractivity contribution in [2.24, 2.45) is 28.1 Å². The number of epoxide rings is 1. The van der Waals surface area contributed by atoms with Crippen molar-refractivity contribution in [2.45, 2.75) is 97.4 Å². The van der Waals surface area contributed by atoms with Crippen molar-refractivity contribution in [1.82, 2.24) is 0 Å². The number of ether oxygens (including phenoxy) is 2. The summed E-state index contributed by atoms with van der Waals surface area (Å²) < 4.78 is 12.5. The first-order valence-corrected chi connectivity index (χ1v) is 10.4.